The summed E-state index contributed by atoms with van der Waals surface area (Å²) in [6.07, 6.45) is 5.36. The Morgan fingerprint density at radius 2 is 1.88 bits per heavy atom. The third-order valence-corrected chi connectivity index (χ3v) is 8.64. The third-order valence-electron chi connectivity index (χ3n) is 6.32. The van der Waals surface area contributed by atoms with Crippen molar-refractivity contribution in [3.63, 3.8) is 0 Å². The number of benzene rings is 3. The van der Waals surface area contributed by atoms with Crippen molar-refractivity contribution in [2.24, 2.45) is 5.92 Å². The van der Waals surface area contributed by atoms with Crippen molar-refractivity contribution >= 4 is 48.9 Å². The highest BCUT2D eigenvalue weighted by atomic mass is 79.9. The SMILES string of the molecule is Cc1cc(Cl)ccc1NS(=O)(=O)c1ccc2c(c1)C1C=CCC1[C@@H](c1ccccc1Br)N2. The molecule has 2 unspecified atom stereocenters. The summed E-state index contributed by atoms with van der Waals surface area (Å²) in [5.41, 5.74) is 4.50. The van der Waals surface area contributed by atoms with Crippen molar-refractivity contribution in [1.82, 2.24) is 0 Å². The zero-order valence-corrected chi connectivity index (χ0v) is 20.5. The minimum absolute atomic E-state index is 0.148. The van der Waals surface area contributed by atoms with E-state index >= 15 is 0 Å². The number of fused-ring (bicyclic) bond motifs is 3. The summed E-state index contributed by atoms with van der Waals surface area (Å²) in [5.74, 6) is 0.487. The van der Waals surface area contributed by atoms with E-state index in [9.17, 15) is 8.42 Å². The number of hydrogen-bond donors (Lipinski definition) is 2. The molecule has 0 spiro atoms. The summed E-state index contributed by atoms with van der Waals surface area (Å²) in [4.78, 5) is 0.255. The molecule has 7 heteroatoms. The highest BCUT2D eigenvalue weighted by Gasteiger charge is 2.39. The topological polar surface area (TPSA) is 58.2 Å². The molecule has 0 fully saturated rings. The van der Waals surface area contributed by atoms with Gasteiger partial charge >= 0.3 is 0 Å². The van der Waals surface area contributed by atoms with Crippen LogP contribution in [0.2, 0.25) is 5.02 Å². The maximum atomic E-state index is 13.2. The molecule has 0 radical (unpaired) electrons. The minimum atomic E-state index is -3.74. The van der Waals surface area contributed by atoms with Crippen LogP contribution in [0.3, 0.4) is 0 Å². The van der Waals surface area contributed by atoms with E-state index in [2.05, 4.69) is 56.3 Å². The number of hydrogen-bond acceptors (Lipinski definition) is 3. The second-order valence-corrected chi connectivity index (χ2v) is 11.3. The number of allylic oxidation sites excluding steroid dienone is 2. The molecule has 3 aromatic rings. The van der Waals surface area contributed by atoms with E-state index in [0.29, 0.717) is 16.6 Å². The van der Waals surface area contributed by atoms with Gasteiger partial charge in [-0.2, -0.15) is 0 Å². The fourth-order valence-electron chi connectivity index (χ4n) is 4.72. The number of anilines is 2. The molecule has 32 heavy (non-hydrogen) atoms. The summed E-state index contributed by atoms with van der Waals surface area (Å²) in [6, 6.07) is 18.9. The predicted octanol–water partition coefficient (Wildman–Crippen LogP) is 7.04. The zero-order chi connectivity index (χ0) is 22.5. The first-order valence-corrected chi connectivity index (χ1v) is 13.1. The van der Waals surface area contributed by atoms with Crippen LogP contribution in [0.15, 0.2) is 82.2 Å². The minimum Gasteiger partial charge on any atom is -0.378 e. The van der Waals surface area contributed by atoms with E-state index in [-0.39, 0.29) is 16.9 Å². The molecule has 0 aromatic heterocycles. The lowest BCUT2D eigenvalue weighted by Gasteiger charge is -2.38. The molecule has 0 bridgehead atoms. The van der Waals surface area contributed by atoms with Gasteiger partial charge in [-0.15, -0.1) is 0 Å². The number of aryl methyl sites for hydroxylation is 1. The van der Waals surface area contributed by atoms with Crippen molar-refractivity contribution in [1.29, 1.82) is 0 Å². The summed E-state index contributed by atoms with van der Waals surface area (Å²) in [5, 5.41) is 4.24. The van der Waals surface area contributed by atoms with E-state index in [1.165, 1.54) is 5.56 Å². The first-order chi connectivity index (χ1) is 15.3. The Hall–Kier alpha value is -2.28. The van der Waals surface area contributed by atoms with Gasteiger partial charge in [0.05, 0.1) is 16.6 Å². The molecule has 2 aliphatic rings. The smallest absolute Gasteiger partial charge is 0.261 e. The third kappa shape index (κ3) is 3.85. The van der Waals surface area contributed by atoms with Crippen LogP contribution in [-0.4, -0.2) is 8.42 Å². The normalized spacial score (nSPS) is 21.5. The van der Waals surface area contributed by atoms with Crippen LogP contribution in [0.4, 0.5) is 11.4 Å². The zero-order valence-electron chi connectivity index (χ0n) is 17.3. The van der Waals surface area contributed by atoms with Crippen LogP contribution in [0.25, 0.3) is 0 Å². The summed E-state index contributed by atoms with van der Waals surface area (Å²) in [6.45, 7) is 1.83. The van der Waals surface area contributed by atoms with Crippen LogP contribution < -0.4 is 10.0 Å². The van der Waals surface area contributed by atoms with Gasteiger partial charge in [0.25, 0.3) is 10.0 Å². The lowest BCUT2D eigenvalue weighted by Crippen LogP contribution is -2.29. The molecule has 0 saturated heterocycles. The quantitative estimate of drug-likeness (QED) is 0.356. The molecule has 1 aliphatic carbocycles. The first-order valence-electron chi connectivity index (χ1n) is 10.4. The molecule has 3 aromatic carbocycles. The monoisotopic (exact) mass is 528 g/mol. The van der Waals surface area contributed by atoms with Gasteiger partial charge in [0, 0.05) is 21.1 Å². The summed E-state index contributed by atoms with van der Waals surface area (Å²) >= 11 is 9.70. The molecular weight excluding hydrogens is 508 g/mol. The van der Waals surface area contributed by atoms with Gasteiger partial charge in [0.15, 0.2) is 0 Å². The summed E-state index contributed by atoms with van der Waals surface area (Å²) < 4.78 is 30.1. The van der Waals surface area contributed by atoms with Gasteiger partial charge in [-0.05, 0) is 78.4 Å². The number of halogens is 2. The first kappa shape index (κ1) is 21.6. The number of rotatable bonds is 4. The largest absolute Gasteiger partial charge is 0.378 e. The van der Waals surface area contributed by atoms with Crippen molar-refractivity contribution in [3.05, 3.63) is 99.0 Å². The lowest BCUT2D eigenvalue weighted by atomic mass is 9.77. The van der Waals surface area contributed by atoms with Crippen LogP contribution in [0.5, 0.6) is 0 Å². The molecular formula is C25H22BrClN2O2S. The molecule has 5 rings (SSSR count). The average Bonchev–Trinajstić information content (AvgIpc) is 3.26. The van der Waals surface area contributed by atoms with Crippen molar-refractivity contribution in [3.8, 4) is 0 Å². The van der Waals surface area contributed by atoms with E-state index in [4.69, 9.17) is 11.6 Å². The van der Waals surface area contributed by atoms with Gasteiger partial charge in [-0.25, -0.2) is 8.42 Å². The molecule has 0 saturated carbocycles. The average molecular weight is 530 g/mol. The van der Waals surface area contributed by atoms with Crippen LogP contribution >= 0.6 is 27.5 Å². The van der Waals surface area contributed by atoms with Crippen LogP contribution in [0.1, 0.15) is 35.1 Å². The van der Waals surface area contributed by atoms with Crippen LogP contribution in [-0.2, 0) is 10.0 Å². The number of sulfonamides is 1. The van der Waals surface area contributed by atoms with Gasteiger partial charge in [0.1, 0.15) is 0 Å². The van der Waals surface area contributed by atoms with E-state index < -0.39 is 10.0 Å². The Balaban J connectivity index is 1.50. The number of nitrogens with one attached hydrogen (secondary N) is 2. The van der Waals surface area contributed by atoms with Gasteiger partial charge < -0.3 is 5.32 Å². The standard InChI is InChI=1S/C25H22BrClN2O2S/c1-15-13-16(27)9-11-23(15)29-32(30,31)17-10-12-24-21(14-17)18-6-4-7-19(18)25(28-24)20-5-2-3-8-22(20)26/h2-6,8-14,18-19,25,28-29H,7H2,1H3/t18?,19?,25-/m0/s1. The van der Waals surface area contributed by atoms with E-state index in [0.717, 1.165) is 27.7 Å². The van der Waals surface area contributed by atoms with E-state index in [1.54, 1.807) is 30.3 Å². The molecule has 1 heterocycles. The molecule has 164 valence electrons. The maximum absolute atomic E-state index is 13.2. The van der Waals surface area contributed by atoms with Crippen molar-refractivity contribution < 1.29 is 8.42 Å². The fourth-order valence-corrected chi connectivity index (χ4v) is 6.64. The second-order valence-electron chi connectivity index (χ2n) is 8.31. The Kier molecular flexibility index (Phi) is 5.56. The van der Waals surface area contributed by atoms with E-state index in [1.807, 2.05) is 19.1 Å². The van der Waals surface area contributed by atoms with Gasteiger partial charge in [0.2, 0.25) is 0 Å². The van der Waals surface area contributed by atoms with Crippen molar-refractivity contribution in [2.45, 2.75) is 30.2 Å². The maximum Gasteiger partial charge on any atom is 0.261 e. The highest BCUT2D eigenvalue weighted by molar-refractivity contribution is 9.10. The molecule has 3 atom stereocenters. The highest BCUT2D eigenvalue weighted by Crippen LogP contribution is 2.51. The molecule has 0 amide bonds. The van der Waals surface area contributed by atoms with Crippen molar-refractivity contribution in [2.75, 3.05) is 10.0 Å². The Bertz CT molecular complexity index is 1340. The van der Waals surface area contributed by atoms with Crippen LogP contribution in [0, 0.1) is 12.8 Å². The fraction of sp³-hybridized carbons (Fsp3) is 0.200. The molecule has 1 aliphatic heterocycles. The Morgan fingerprint density at radius 3 is 2.66 bits per heavy atom. The predicted molar refractivity (Wildman–Crippen MR) is 134 cm³/mol. The van der Waals surface area contributed by atoms with Gasteiger partial charge in [-0.1, -0.05) is 57.9 Å². The second kappa shape index (κ2) is 8.25. The summed E-state index contributed by atoms with van der Waals surface area (Å²) in [7, 11) is -3.74. The lowest BCUT2D eigenvalue weighted by molar-refractivity contribution is 0.424. The Morgan fingerprint density at radius 1 is 1.06 bits per heavy atom. The molecule has 4 nitrogen and oxygen atoms in total. The molecule has 2 N–H and O–H groups in total. The Labute approximate surface area is 201 Å². The van der Waals surface area contributed by atoms with Gasteiger partial charge in [-0.3, -0.25) is 4.72 Å².